The second-order valence-corrected chi connectivity index (χ2v) is 9.10. The van der Waals surface area contributed by atoms with Gasteiger partial charge in [-0.2, -0.15) is 0 Å². The van der Waals surface area contributed by atoms with E-state index in [1.165, 1.54) is 23.5 Å². The molecular weight excluding hydrogens is 368 g/mol. The van der Waals surface area contributed by atoms with Gasteiger partial charge in [0, 0.05) is 16.4 Å². The first-order valence-corrected chi connectivity index (χ1v) is 11.1. The molecule has 1 saturated heterocycles. The van der Waals surface area contributed by atoms with Gasteiger partial charge in [-0.15, -0.1) is 16.4 Å². The number of quaternary nitrogens is 2. The zero-order valence-electron chi connectivity index (χ0n) is 16.7. The highest BCUT2D eigenvalue weighted by atomic mass is 32.1. The molecule has 0 saturated carbocycles. The van der Waals surface area contributed by atoms with Gasteiger partial charge >= 0.3 is 0 Å². The number of rotatable bonds is 7. The summed E-state index contributed by atoms with van der Waals surface area (Å²) in [6.45, 7) is 11.2. The standard InChI is InChI=1S/C21H28N6S/c1-17(2)20(21-22-23-24-27(21)16-19-9-6-14-28-19)26-12-10-25(11-13-26)15-18-7-4-3-5-8-18/h3-9,14,17,20H,10-13,15-16H2,1-2H3/p+2/t20-/m0/s1. The van der Waals surface area contributed by atoms with Crippen LogP contribution >= 0.6 is 11.3 Å². The monoisotopic (exact) mass is 398 g/mol. The van der Waals surface area contributed by atoms with Gasteiger partial charge in [0.15, 0.2) is 6.04 Å². The van der Waals surface area contributed by atoms with Crippen LogP contribution in [0.4, 0.5) is 0 Å². The lowest BCUT2D eigenvalue weighted by atomic mass is 10.0. The van der Waals surface area contributed by atoms with E-state index < -0.39 is 0 Å². The third-order valence-electron chi connectivity index (χ3n) is 5.73. The minimum atomic E-state index is 0.341. The zero-order chi connectivity index (χ0) is 19.3. The molecule has 28 heavy (non-hydrogen) atoms. The number of hydrogen-bond donors (Lipinski definition) is 2. The van der Waals surface area contributed by atoms with Crippen molar-refractivity contribution >= 4 is 11.3 Å². The first kappa shape index (κ1) is 19.2. The Morgan fingerprint density at radius 2 is 1.82 bits per heavy atom. The molecule has 1 aliphatic rings. The van der Waals surface area contributed by atoms with Crippen molar-refractivity contribution in [3.63, 3.8) is 0 Å². The van der Waals surface area contributed by atoms with Crippen LogP contribution in [0.5, 0.6) is 0 Å². The molecule has 148 valence electrons. The van der Waals surface area contributed by atoms with E-state index in [2.05, 4.69) is 77.2 Å². The zero-order valence-corrected chi connectivity index (χ0v) is 17.5. The summed E-state index contributed by atoms with van der Waals surface area (Å²) in [5, 5.41) is 14.9. The topological polar surface area (TPSA) is 52.5 Å². The summed E-state index contributed by atoms with van der Waals surface area (Å²) in [7, 11) is 0. The maximum absolute atomic E-state index is 4.46. The lowest BCUT2D eigenvalue weighted by molar-refractivity contribution is -1.03. The van der Waals surface area contributed by atoms with Crippen molar-refractivity contribution in [3.8, 4) is 0 Å². The molecule has 0 aliphatic carbocycles. The third-order valence-corrected chi connectivity index (χ3v) is 6.59. The van der Waals surface area contributed by atoms with Crippen LogP contribution in [0.1, 0.15) is 36.2 Å². The molecule has 2 N–H and O–H groups in total. The fourth-order valence-electron chi connectivity index (χ4n) is 4.35. The highest BCUT2D eigenvalue weighted by Crippen LogP contribution is 2.18. The van der Waals surface area contributed by atoms with Gasteiger partial charge in [-0.1, -0.05) is 50.2 Å². The maximum atomic E-state index is 4.46. The summed E-state index contributed by atoms with van der Waals surface area (Å²) < 4.78 is 2.01. The quantitative estimate of drug-likeness (QED) is 0.608. The van der Waals surface area contributed by atoms with Gasteiger partial charge in [0.1, 0.15) is 32.7 Å². The molecule has 0 unspecified atom stereocenters. The van der Waals surface area contributed by atoms with Gasteiger partial charge in [-0.05, 0) is 21.9 Å². The molecular formula is C21H30N6S+2. The van der Waals surface area contributed by atoms with Gasteiger partial charge in [-0.25, -0.2) is 4.68 Å². The molecule has 1 fully saturated rings. The number of tetrazole rings is 1. The Morgan fingerprint density at radius 1 is 1.04 bits per heavy atom. The van der Waals surface area contributed by atoms with Crippen LogP contribution < -0.4 is 9.80 Å². The van der Waals surface area contributed by atoms with E-state index in [4.69, 9.17) is 0 Å². The van der Waals surface area contributed by atoms with E-state index in [0.29, 0.717) is 12.0 Å². The molecule has 1 atom stereocenters. The molecule has 4 rings (SSSR count). The summed E-state index contributed by atoms with van der Waals surface area (Å²) in [5.74, 6) is 1.53. The summed E-state index contributed by atoms with van der Waals surface area (Å²) in [4.78, 5) is 4.59. The van der Waals surface area contributed by atoms with E-state index >= 15 is 0 Å². The van der Waals surface area contributed by atoms with Crippen LogP contribution in [0.3, 0.4) is 0 Å². The number of aromatic nitrogens is 4. The summed E-state index contributed by atoms with van der Waals surface area (Å²) in [6.07, 6.45) is 0. The Labute approximate surface area is 170 Å². The average molecular weight is 399 g/mol. The minimum Gasteiger partial charge on any atom is -0.322 e. The molecule has 0 bridgehead atoms. The fourth-order valence-corrected chi connectivity index (χ4v) is 5.03. The molecule has 1 aliphatic heterocycles. The van der Waals surface area contributed by atoms with Crippen molar-refractivity contribution < 1.29 is 9.80 Å². The lowest BCUT2D eigenvalue weighted by Crippen LogP contribution is -3.27. The molecule has 7 heteroatoms. The number of nitrogens with zero attached hydrogens (tertiary/aromatic N) is 4. The number of thiophene rings is 1. The minimum absolute atomic E-state index is 0.341. The Kier molecular flexibility index (Phi) is 6.14. The number of piperazine rings is 1. The van der Waals surface area contributed by atoms with Crippen molar-refractivity contribution in [2.45, 2.75) is 33.0 Å². The second-order valence-electron chi connectivity index (χ2n) is 8.07. The van der Waals surface area contributed by atoms with Crippen molar-refractivity contribution in [1.29, 1.82) is 0 Å². The number of nitrogens with one attached hydrogen (secondary N) is 2. The maximum Gasteiger partial charge on any atom is 0.209 e. The predicted octanol–water partition coefficient (Wildman–Crippen LogP) is 0.464. The van der Waals surface area contributed by atoms with Crippen LogP contribution in [0.15, 0.2) is 47.8 Å². The number of hydrogen-bond acceptors (Lipinski definition) is 4. The van der Waals surface area contributed by atoms with E-state index in [1.807, 2.05) is 4.68 Å². The van der Waals surface area contributed by atoms with Crippen molar-refractivity contribution in [2.24, 2.45) is 5.92 Å². The van der Waals surface area contributed by atoms with Gasteiger partial charge in [-0.3, -0.25) is 0 Å². The van der Waals surface area contributed by atoms with Gasteiger partial charge in [0.05, 0.1) is 6.54 Å². The molecule has 0 amide bonds. The molecule has 3 aromatic rings. The predicted molar refractivity (Wildman–Crippen MR) is 110 cm³/mol. The van der Waals surface area contributed by atoms with Crippen molar-refractivity contribution in [3.05, 3.63) is 64.1 Å². The van der Waals surface area contributed by atoms with Gasteiger partial charge in [0.2, 0.25) is 5.82 Å². The molecule has 0 spiro atoms. The SMILES string of the molecule is CC(C)[C@@H](c1nnnn1Cc1cccs1)[NH+]1CC[NH+](Cc2ccccc2)CC1. The fraction of sp³-hybridized carbons (Fsp3) is 0.476. The highest BCUT2D eigenvalue weighted by Gasteiger charge is 2.36. The number of benzene rings is 1. The van der Waals surface area contributed by atoms with Crippen molar-refractivity contribution in [1.82, 2.24) is 20.2 Å². The molecule has 1 aromatic carbocycles. The van der Waals surface area contributed by atoms with Crippen molar-refractivity contribution in [2.75, 3.05) is 26.2 Å². The molecule has 3 heterocycles. The Hall–Kier alpha value is -2.09. The van der Waals surface area contributed by atoms with E-state index in [9.17, 15) is 0 Å². The second kappa shape index (κ2) is 8.94. The Balaban J connectivity index is 1.43. The summed E-state index contributed by atoms with van der Waals surface area (Å²) in [6, 6.07) is 15.4. The van der Waals surface area contributed by atoms with Gasteiger partial charge < -0.3 is 9.80 Å². The van der Waals surface area contributed by atoms with E-state index in [1.54, 1.807) is 21.1 Å². The Bertz CT molecular complexity index is 837. The lowest BCUT2D eigenvalue weighted by Gasteiger charge is -2.35. The first-order valence-electron chi connectivity index (χ1n) is 10.2. The van der Waals surface area contributed by atoms with Crippen LogP contribution in [-0.2, 0) is 13.1 Å². The average Bonchev–Trinajstić information content (AvgIpc) is 3.37. The smallest absolute Gasteiger partial charge is 0.209 e. The van der Waals surface area contributed by atoms with Gasteiger partial charge in [0.25, 0.3) is 0 Å². The summed E-state index contributed by atoms with van der Waals surface area (Å²) >= 11 is 1.76. The Morgan fingerprint density at radius 3 is 2.50 bits per heavy atom. The summed E-state index contributed by atoms with van der Waals surface area (Å²) in [5.41, 5.74) is 1.43. The van der Waals surface area contributed by atoms with E-state index in [-0.39, 0.29) is 0 Å². The van der Waals surface area contributed by atoms with Crippen LogP contribution in [0, 0.1) is 5.92 Å². The van der Waals surface area contributed by atoms with Crippen LogP contribution in [0.25, 0.3) is 0 Å². The third kappa shape index (κ3) is 4.48. The molecule has 0 radical (unpaired) electrons. The molecule has 6 nitrogen and oxygen atoms in total. The first-order chi connectivity index (χ1) is 13.7. The normalized spacial score (nSPS) is 21.1. The van der Waals surface area contributed by atoms with Crippen LogP contribution in [-0.4, -0.2) is 46.4 Å². The van der Waals surface area contributed by atoms with E-state index in [0.717, 1.165) is 32.0 Å². The van der Waals surface area contributed by atoms with Crippen LogP contribution in [0.2, 0.25) is 0 Å². The highest BCUT2D eigenvalue weighted by molar-refractivity contribution is 7.09. The molecule has 2 aromatic heterocycles. The largest absolute Gasteiger partial charge is 0.322 e.